The molecule has 1 amide bonds. The van der Waals surface area contributed by atoms with Crippen molar-refractivity contribution >= 4 is 14.1 Å². The molecule has 7 nitrogen and oxygen atoms in total. The molecule has 110 valence electrons. The van der Waals surface area contributed by atoms with Crippen LogP contribution in [0.25, 0.3) is 0 Å². The second-order valence-corrected chi connectivity index (χ2v) is 4.35. The first-order chi connectivity index (χ1) is 9.24. The molecule has 19 heavy (non-hydrogen) atoms. The van der Waals surface area contributed by atoms with Gasteiger partial charge in [-0.15, -0.1) is 0 Å². The van der Waals surface area contributed by atoms with Crippen LogP contribution in [0.2, 0.25) is 0 Å². The standard InChI is InChI=1S/C11H23BN2O5/c12-14-3-1-13(2-4-14)11(16)19-10-9-18-8-7-17-6-5-15/h15H,1-10,12H2. The average molecular weight is 274 g/mol. The van der Waals surface area contributed by atoms with Crippen molar-refractivity contribution < 1.29 is 24.1 Å². The summed E-state index contributed by atoms with van der Waals surface area (Å²) in [6, 6.07) is 0. The minimum absolute atomic E-state index is 0.0165. The van der Waals surface area contributed by atoms with Crippen molar-refractivity contribution in [2.45, 2.75) is 0 Å². The molecule has 0 aromatic rings. The number of aliphatic hydroxyl groups is 1. The lowest BCUT2D eigenvalue weighted by Crippen LogP contribution is -2.48. The van der Waals surface area contributed by atoms with Gasteiger partial charge < -0.3 is 29.0 Å². The molecule has 1 rings (SSSR count). The molecule has 1 aliphatic rings. The molecule has 0 spiro atoms. The second kappa shape index (κ2) is 10.0. The third kappa shape index (κ3) is 7.36. The minimum atomic E-state index is -0.270. The Morgan fingerprint density at radius 1 is 1.00 bits per heavy atom. The zero-order valence-corrected chi connectivity index (χ0v) is 11.5. The molecule has 0 atom stereocenters. The molecule has 0 radical (unpaired) electrons. The Morgan fingerprint density at radius 3 is 2.21 bits per heavy atom. The van der Waals surface area contributed by atoms with E-state index < -0.39 is 0 Å². The van der Waals surface area contributed by atoms with Gasteiger partial charge in [0.05, 0.1) is 33.0 Å². The van der Waals surface area contributed by atoms with Gasteiger partial charge in [-0.2, -0.15) is 0 Å². The van der Waals surface area contributed by atoms with Gasteiger partial charge in [0.1, 0.15) is 6.61 Å². The average Bonchev–Trinajstić information content (AvgIpc) is 2.42. The van der Waals surface area contributed by atoms with Crippen molar-refractivity contribution in [2.75, 3.05) is 65.8 Å². The zero-order chi connectivity index (χ0) is 13.9. The molecule has 0 aromatic carbocycles. The Balaban J connectivity index is 1.93. The summed E-state index contributed by atoms with van der Waals surface area (Å²) in [7, 11) is 2.04. The van der Waals surface area contributed by atoms with Gasteiger partial charge in [0.25, 0.3) is 0 Å². The van der Waals surface area contributed by atoms with Crippen molar-refractivity contribution in [3.63, 3.8) is 0 Å². The van der Waals surface area contributed by atoms with E-state index >= 15 is 0 Å². The third-order valence-electron chi connectivity index (χ3n) is 2.82. The molecule has 1 fully saturated rings. The third-order valence-corrected chi connectivity index (χ3v) is 2.82. The van der Waals surface area contributed by atoms with E-state index in [0.717, 1.165) is 13.1 Å². The highest BCUT2D eigenvalue weighted by Crippen LogP contribution is 2.01. The van der Waals surface area contributed by atoms with Crippen LogP contribution in [0.1, 0.15) is 0 Å². The van der Waals surface area contributed by atoms with Gasteiger partial charge in [-0.25, -0.2) is 4.79 Å². The first kappa shape index (κ1) is 16.2. The number of aliphatic hydroxyl groups excluding tert-OH is 1. The second-order valence-electron chi connectivity index (χ2n) is 4.35. The number of carbonyl (C=O) groups is 1. The van der Waals surface area contributed by atoms with Crippen LogP contribution in [-0.2, 0) is 14.2 Å². The predicted molar refractivity (Wildman–Crippen MR) is 71.8 cm³/mol. The number of ether oxygens (including phenoxy) is 3. The molecule has 1 aliphatic heterocycles. The smallest absolute Gasteiger partial charge is 0.409 e. The Bertz CT molecular complexity index is 249. The summed E-state index contributed by atoms with van der Waals surface area (Å²) in [5, 5.41) is 8.48. The molecule has 1 saturated heterocycles. The summed E-state index contributed by atoms with van der Waals surface area (Å²) < 4.78 is 15.4. The maximum absolute atomic E-state index is 11.7. The molecule has 1 heterocycles. The van der Waals surface area contributed by atoms with E-state index in [1.54, 1.807) is 4.90 Å². The number of nitrogens with zero attached hydrogens (tertiary/aromatic N) is 2. The van der Waals surface area contributed by atoms with E-state index in [0.29, 0.717) is 39.5 Å². The molecule has 1 N–H and O–H groups in total. The van der Waals surface area contributed by atoms with Crippen molar-refractivity contribution in [1.29, 1.82) is 0 Å². The maximum atomic E-state index is 11.7. The molecule has 0 bridgehead atoms. The van der Waals surface area contributed by atoms with Crippen LogP contribution in [0.4, 0.5) is 4.79 Å². The van der Waals surface area contributed by atoms with Crippen LogP contribution in [0, 0.1) is 0 Å². The number of piperazine rings is 1. The largest absolute Gasteiger partial charge is 0.447 e. The lowest BCUT2D eigenvalue weighted by Gasteiger charge is -2.31. The molecule has 0 unspecified atom stereocenters. The SMILES string of the molecule is BN1CCN(C(=O)OCCOCCOCCO)CC1. The number of amides is 1. The summed E-state index contributed by atoms with van der Waals surface area (Å²) >= 11 is 0. The fraction of sp³-hybridized carbons (Fsp3) is 0.909. The van der Waals surface area contributed by atoms with Crippen LogP contribution in [0.5, 0.6) is 0 Å². The molecule has 0 aliphatic carbocycles. The lowest BCUT2D eigenvalue weighted by molar-refractivity contribution is 0.0130. The Hall–Kier alpha value is -0.825. The van der Waals surface area contributed by atoms with Gasteiger partial charge in [-0.05, 0) is 0 Å². The quantitative estimate of drug-likeness (QED) is 0.421. The predicted octanol–water partition coefficient (Wildman–Crippen LogP) is -1.69. The van der Waals surface area contributed by atoms with Gasteiger partial charge in [-0.3, -0.25) is 0 Å². The van der Waals surface area contributed by atoms with Crippen molar-refractivity contribution in [3.8, 4) is 0 Å². The van der Waals surface area contributed by atoms with E-state index in [1.807, 2.05) is 7.98 Å². The van der Waals surface area contributed by atoms with Crippen molar-refractivity contribution in [2.24, 2.45) is 0 Å². The van der Waals surface area contributed by atoms with E-state index in [2.05, 4.69) is 4.81 Å². The van der Waals surface area contributed by atoms with E-state index in [4.69, 9.17) is 19.3 Å². The fourth-order valence-electron chi connectivity index (χ4n) is 1.65. The maximum Gasteiger partial charge on any atom is 0.409 e. The van der Waals surface area contributed by atoms with Gasteiger partial charge >= 0.3 is 6.09 Å². The van der Waals surface area contributed by atoms with Crippen molar-refractivity contribution in [1.82, 2.24) is 9.71 Å². The highest BCUT2D eigenvalue weighted by molar-refractivity contribution is 6.04. The highest BCUT2D eigenvalue weighted by Gasteiger charge is 2.19. The fourth-order valence-corrected chi connectivity index (χ4v) is 1.65. The zero-order valence-electron chi connectivity index (χ0n) is 11.5. The summed E-state index contributed by atoms with van der Waals surface area (Å²) in [6.07, 6.45) is -0.270. The highest BCUT2D eigenvalue weighted by atomic mass is 16.6. The van der Waals surface area contributed by atoms with E-state index in [-0.39, 0.29) is 19.3 Å². The van der Waals surface area contributed by atoms with Crippen molar-refractivity contribution in [3.05, 3.63) is 0 Å². The minimum Gasteiger partial charge on any atom is -0.447 e. The van der Waals surface area contributed by atoms with Gasteiger partial charge in [0, 0.05) is 26.2 Å². The van der Waals surface area contributed by atoms with Gasteiger partial charge in [-0.1, -0.05) is 0 Å². The number of hydrogen-bond acceptors (Lipinski definition) is 6. The topological polar surface area (TPSA) is 71.5 Å². The lowest BCUT2D eigenvalue weighted by atomic mass is 10.2. The normalized spacial score (nSPS) is 16.6. The number of rotatable bonds is 8. The Morgan fingerprint density at radius 2 is 1.58 bits per heavy atom. The first-order valence-corrected chi connectivity index (χ1v) is 6.60. The molecule has 0 saturated carbocycles. The Kier molecular flexibility index (Phi) is 8.56. The van der Waals surface area contributed by atoms with Crippen LogP contribution >= 0.6 is 0 Å². The molecular formula is C11H23BN2O5. The number of hydrogen-bond donors (Lipinski definition) is 1. The molecule has 0 aromatic heterocycles. The van der Waals surface area contributed by atoms with E-state index in [9.17, 15) is 4.79 Å². The summed E-state index contributed by atoms with van der Waals surface area (Å²) in [6.45, 7) is 5.02. The molecule has 8 heteroatoms. The summed E-state index contributed by atoms with van der Waals surface area (Å²) in [5.74, 6) is 0. The van der Waals surface area contributed by atoms with Crippen LogP contribution in [0.15, 0.2) is 0 Å². The first-order valence-electron chi connectivity index (χ1n) is 6.60. The number of carbonyl (C=O) groups excluding carboxylic acids is 1. The summed E-state index contributed by atoms with van der Waals surface area (Å²) in [4.78, 5) is 15.5. The van der Waals surface area contributed by atoms with Crippen LogP contribution in [0.3, 0.4) is 0 Å². The Labute approximate surface area is 114 Å². The van der Waals surface area contributed by atoms with Crippen LogP contribution in [-0.4, -0.2) is 94.7 Å². The van der Waals surface area contributed by atoms with E-state index in [1.165, 1.54) is 0 Å². The van der Waals surface area contributed by atoms with Gasteiger partial charge in [0.2, 0.25) is 0 Å². The monoisotopic (exact) mass is 274 g/mol. The van der Waals surface area contributed by atoms with Crippen LogP contribution < -0.4 is 0 Å². The van der Waals surface area contributed by atoms with Gasteiger partial charge in [0.15, 0.2) is 7.98 Å². The molecular weight excluding hydrogens is 251 g/mol. The summed E-state index contributed by atoms with van der Waals surface area (Å²) in [5.41, 5.74) is 0.